The van der Waals surface area contributed by atoms with Crippen LogP contribution in [0.3, 0.4) is 0 Å². The van der Waals surface area contributed by atoms with Crippen molar-refractivity contribution in [1.29, 1.82) is 0 Å². The molecule has 0 bridgehead atoms. The molecule has 0 amide bonds. The normalized spacial score (nSPS) is 13.4. The fourth-order valence-corrected chi connectivity index (χ4v) is 1.81. The minimum Gasteiger partial charge on any atom is -0.450 e. The largest absolute Gasteiger partial charge is 0.506 e. The van der Waals surface area contributed by atoms with Crippen LogP contribution in [-0.4, -0.2) is 27.1 Å². The molecule has 0 aromatic carbocycles. The SMILES string of the molecule is CC(OC(=O)O)c1cc2cc(CC(F)(F)F)ccn2n1. The van der Waals surface area contributed by atoms with Gasteiger partial charge in [-0.25, -0.2) is 9.31 Å². The van der Waals surface area contributed by atoms with Gasteiger partial charge in [0.25, 0.3) is 0 Å². The molecule has 1 atom stereocenters. The lowest BCUT2D eigenvalue weighted by molar-refractivity contribution is -0.127. The van der Waals surface area contributed by atoms with E-state index in [1.165, 1.54) is 35.8 Å². The van der Waals surface area contributed by atoms with E-state index in [0.717, 1.165) is 0 Å². The molecule has 1 N–H and O–H groups in total. The maximum atomic E-state index is 12.3. The number of rotatable bonds is 3. The number of ether oxygens (including phenoxy) is 1. The van der Waals surface area contributed by atoms with E-state index >= 15 is 0 Å². The van der Waals surface area contributed by atoms with Gasteiger partial charge in [-0.05, 0) is 30.7 Å². The van der Waals surface area contributed by atoms with Crippen molar-refractivity contribution in [2.75, 3.05) is 0 Å². The predicted octanol–water partition coefficient (Wildman–Crippen LogP) is 3.19. The fraction of sp³-hybridized carbons (Fsp3) is 0.333. The van der Waals surface area contributed by atoms with Gasteiger partial charge in [0.15, 0.2) is 0 Å². The molecule has 0 fully saturated rings. The van der Waals surface area contributed by atoms with E-state index in [1.54, 1.807) is 0 Å². The van der Waals surface area contributed by atoms with E-state index in [-0.39, 0.29) is 5.56 Å². The molecule has 0 saturated carbocycles. The van der Waals surface area contributed by atoms with Crippen LogP contribution in [0.4, 0.5) is 18.0 Å². The number of hydrogen-bond donors (Lipinski definition) is 1. The summed E-state index contributed by atoms with van der Waals surface area (Å²) >= 11 is 0. The number of halogens is 3. The molecule has 0 aliphatic heterocycles. The fourth-order valence-electron chi connectivity index (χ4n) is 1.81. The summed E-state index contributed by atoms with van der Waals surface area (Å²) in [5.41, 5.74) is 0.891. The van der Waals surface area contributed by atoms with Crippen molar-refractivity contribution >= 4 is 11.7 Å². The van der Waals surface area contributed by atoms with E-state index < -0.39 is 24.9 Å². The van der Waals surface area contributed by atoms with Crippen molar-refractivity contribution in [2.45, 2.75) is 25.6 Å². The van der Waals surface area contributed by atoms with Crippen molar-refractivity contribution in [1.82, 2.24) is 9.61 Å². The molecule has 0 aliphatic rings. The Kier molecular flexibility index (Phi) is 3.56. The highest BCUT2D eigenvalue weighted by Gasteiger charge is 2.27. The Morgan fingerprint density at radius 1 is 1.50 bits per heavy atom. The second-order valence-corrected chi connectivity index (χ2v) is 4.29. The lowest BCUT2D eigenvalue weighted by Gasteiger charge is -2.06. The van der Waals surface area contributed by atoms with Gasteiger partial charge < -0.3 is 9.84 Å². The third-order valence-corrected chi connectivity index (χ3v) is 2.65. The summed E-state index contributed by atoms with van der Waals surface area (Å²) in [6, 6.07) is 4.17. The molecular weight excluding hydrogens is 277 g/mol. The third-order valence-electron chi connectivity index (χ3n) is 2.65. The van der Waals surface area contributed by atoms with Gasteiger partial charge in [-0.1, -0.05) is 0 Å². The van der Waals surface area contributed by atoms with Crippen molar-refractivity contribution in [3.63, 3.8) is 0 Å². The predicted molar refractivity (Wildman–Crippen MR) is 62.5 cm³/mol. The summed E-state index contributed by atoms with van der Waals surface area (Å²) in [4.78, 5) is 10.4. The molecule has 1 unspecified atom stereocenters. The van der Waals surface area contributed by atoms with E-state index in [1.807, 2.05) is 0 Å². The van der Waals surface area contributed by atoms with Crippen LogP contribution in [-0.2, 0) is 11.2 Å². The zero-order chi connectivity index (χ0) is 14.9. The summed E-state index contributed by atoms with van der Waals surface area (Å²) in [7, 11) is 0. The Hall–Kier alpha value is -2.25. The van der Waals surface area contributed by atoms with Crippen LogP contribution in [0.2, 0.25) is 0 Å². The van der Waals surface area contributed by atoms with Crippen LogP contribution in [0.1, 0.15) is 24.3 Å². The lowest BCUT2D eigenvalue weighted by atomic mass is 10.1. The number of carboxylic acid groups (broad SMARTS) is 1. The Labute approximate surface area is 111 Å². The first-order valence-corrected chi connectivity index (χ1v) is 5.69. The van der Waals surface area contributed by atoms with Crippen LogP contribution < -0.4 is 0 Å². The second-order valence-electron chi connectivity index (χ2n) is 4.29. The molecule has 2 aromatic heterocycles. The van der Waals surface area contributed by atoms with Crippen LogP contribution in [0.25, 0.3) is 5.52 Å². The van der Waals surface area contributed by atoms with Gasteiger partial charge in [0, 0.05) is 6.20 Å². The van der Waals surface area contributed by atoms with Gasteiger partial charge in [-0.15, -0.1) is 0 Å². The molecule has 20 heavy (non-hydrogen) atoms. The highest BCUT2D eigenvalue weighted by molar-refractivity contribution is 5.57. The quantitative estimate of drug-likeness (QED) is 0.881. The van der Waals surface area contributed by atoms with Crippen LogP contribution >= 0.6 is 0 Å². The van der Waals surface area contributed by atoms with Gasteiger partial charge in [-0.2, -0.15) is 18.3 Å². The summed E-state index contributed by atoms with van der Waals surface area (Å²) in [6.07, 6.45) is -6.13. The minimum atomic E-state index is -4.28. The number of fused-ring (bicyclic) bond motifs is 1. The van der Waals surface area contributed by atoms with Gasteiger partial charge in [-0.3, -0.25) is 0 Å². The number of hydrogen-bond acceptors (Lipinski definition) is 3. The number of alkyl halides is 3. The van der Waals surface area contributed by atoms with Crippen LogP contribution in [0.15, 0.2) is 24.4 Å². The zero-order valence-corrected chi connectivity index (χ0v) is 10.4. The lowest BCUT2D eigenvalue weighted by Crippen LogP contribution is -2.11. The van der Waals surface area contributed by atoms with Crippen molar-refractivity contribution in [3.8, 4) is 0 Å². The van der Waals surface area contributed by atoms with Crippen molar-refractivity contribution < 1.29 is 27.8 Å². The Morgan fingerprint density at radius 2 is 2.20 bits per heavy atom. The highest BCUT2D eigenvalue weighted by Crippen LogP contribution is 2.23. The van der Waals surface area contributed by atoms with E-state index in [9.17, 15) is 18.0 Å². The molecule has 2 aromatic rings. The number of pyridine rings is 1. The molecule has 2 rings (SSSR count). The van der Waals surface area contributed by atoms with E-state index in [4.69, 9.17) is 5.11 Å². The number of aromatic nitrogens is 2. The topological polar surface area (TPSA) is 63.8 Å². The first kappa shape index (κ1) is 14.2. The molecule has 8 heteroatoms. The second kappa shape index (κ2) is 5.03. The van der Waals surface area contributed by atoms with Crippen molar-refractivity contribution in [3.05, 3.63) is 35.7 Å². The maximum Gasteiger partial charge on any atom is 0.506 e. The molecule has 0 radical (unpaired) electrons. The van der Waals surface area contributed by atoms with Gasteiger partial charge in [0.05, 0.1) is 11.9 Å². The molecule has 0 aliphatic carbocycles. The Bertz CT molecular complexity index is 636. The maximum absolute atomic E-state index is 12.3. The molecular formula is C12H11F3N2O3. The average molecular weight is 288 g/mol. The summed E-state index contributed by atoms with van der Waals surface area (Å²) in [6.45, 7) is 1.49. The van der Waals surface area contributed by atoms with Gasteiger partial charge in [0.1, 0.15) is 11.8 Å². The summed E-state index contributed by atoms with van der Waals surface area (Å²) in [5, 5.41) is 12.6. The molecule has 2 heterocycles. The molecule has 0 spiro atoms. The molecule has 5 nitrogen and oxygen atoms in total. The van der Waals surface area contributed by atoms with E-state index in [2.05, 4.69) is 9.84 Å². The molecule has 108 valence electrons. The zero-order valence-electron chi connectivity index (χ0n) is 10.4. The Morgan fingerprint density at radius 3 is 2.80 bits per heavy atom. The summed E-state index contributed by atoms with van der Waals surface area (Å²) in [5.74, 6) is 0. The highest BCUT2D eigenvalue weighted by atomic mass is 19.4. The minimum absolute atomic E-state index is 0.114. The molecule has 0 saturated heterocycles. The van der Waals surface area contributed by atoms with E-state index in [0.29, 0.717) is 11.2 Å². The standard InChI is InChI=1S/C12H11F3N2O3/c1-7(20-11(18)19)10-5-9-4-8(6-12(13,14)15)2-3-17(9)16-10/h2-5,7H,6H2,1H3,(H,18,19). The van der Waals surface area contributed by atoms with Gasteiger partial charge in [0.2, 0.25) is 0 Å². The van der Waals surface area contributed by atoms with Crippen LogP contribution in [0.5, 0.6) is 0 Å². The van der Waals surface area contributed by atoms with Crippen molar-refractivity contribution in [2.24, 2.45) is 0 Å². The first-order chi connectivity index (χ1) is 9.24. The Balaban J connectivity index is 2.28. The smallest absolute Gasteiger partial charge is 0.450 e. The third kappa shape index (κ3) is 3.40. The van der Waals surface area contributed by atoms with Gasteiger partial charge >= 0.3 is 12.3 Å². The number of nitrogens with zero attached hydrogens (tertiary/aromatic N) is 2. The summed E-state index contributed by atoms with van der Waals surface area (Å²) < 4.78 is 42.8. The number of carbonyl (C=O) groups is 1. The average Bonchev–Trinajstić information content (AvgIpc) is 2.68. The van der Waals surface area contributed by atoms with Crippen LogP contribution in [0, 0.1) is 0 Å². The monoisotopic (exact) mass is 288 g/mol. The first-order valence-electron chi connectivity index (χ1n) is 5.69.